The first kappa shape index (κ1) is 18.4. The van der Waals surface area contributed by atoms with Crippen molar-refractivity contribution in [3.05, 3.63) is 58.5 Å². The Kier molecular flexibility index (Phi) is 5.68. The van der Waals surface area contributed by atoms with Crippen LogP contribution in [0.5, 0.6) is 11.5 Å². The number of carbonyl (C=O) groups excluding carboxylic acids is 1. The van der Waals surface area contributed by atoms with E-state index < -0.39 is 0 Å². The minimum absolute atomic E-state index is 0.0365. The standard InChI is InChI=1S/C19H21N5O3/c1-26-17-11-14(12-18(13-17)27-2)19(25)24-9-7-23(8-10-24)16-5-3-15(4-6-16)21-22-20/h3-6,11-13H,7-10H2,1-2H3. The molecule has 1 amide bonds. The zero-order valence-corrected chi connectivity index (χ0v) is 15.3. The van der Waals surface area contributed by atoms with Crippen LogP contribution in [0.2, 0.25) is 0 Å². The molecular weight excluding hydrogens is 346 g/mol. The van der Waals surface area contributed by atoms with Crippen LogP contribution < -0.4 is 14.4 Å². The second kappa shape index (κ2) is 8.33. The number of methoxy groups -OCH3 is 2. The summed E-state index contributed by atoms with van der Waals surface area (Å²) >= 11 is 0. The number of nitrogens with zero attached hydrogens (tertiary/aromatic N) is 5. The van der Waals surface area contributed by atoms with Gasteiger partial charge in [-0.2, -0.15) is 0 Å². The lowest BCUT2D eigenvalue weighted by Gasteiger charge is -2.36. The lowest BCUT2D eigenvalue weighted by molar-refractivity contribution is 0.0746. The largest absolute Gasteiger partial charge is 0.497 e. The van der Waals surface area contributed by atoms with E-state index in [4.69, 9.17) is 15.0 Å². The molecule has 0 saturated carbocycles. The lowest BCUT2D eigenvalue weighted by atomic mass is 10.1. The molecule has 0 aromatic heterocycles. The number of azide groups is 1. The Morgan fingerprint density at radius 1 is 1.00 bits per heavy atom. The molecule has 0 spiro atoms. The van der Waals surface area contributed by atoms with Crippen molar-refractivity contribution >= 4 is 17.3 Å². The van der Waals surface area contributed by atoms with Crippen molar-refractivity contribution in [3.8, 4) is 11.5 Å². The number of anilines is 1. The molecule has 8 nitrogen and oxygen atoms in total. The van der Waals surface area contributed by atoms with E-state index in [1.54, 1.807) is 44.6 Å². The molecular formula is C19H21N5O3. The van der Waals surface area contributed by atoms with Gasteiger partial charge in [0.1, 0.15) is 11.5 Å². The van der Waals surface area contributed by atoms with Gasteiger partial charge < -0.3 is 19.3 Å². The minimum atomic E-state index is -0.0365. The number of amides is 1. The van der Waals surface area contributed by atoms with Crippen molar-refractivity contribution in [2.24, 2.45) is 5.11 Å². The Morgan fingerprint density at radius 2 is 1.59 bits per heavy atom. The second-order valence-corrected chi connectivity index (χ2v) is 6.09. The van der Waals surface area contributed by atoms with E-state index in [9.17, 15) is 4.79 Å². The van der Waals surface area contributed by atoms with Gasteiger partial charge >= 0.3 is 0 Å². The minimum Gasteiger partial charge on any atom is -0.497 e. The Labute approximate surface area is 157 Å². The molecule has 1 saturated heterocycles. The van der Waals surface area contributed by atoms with E-state index in [0.29, 0.717) is 35.8 Å². The molecule has 0 N–H and O–H groups in total. The highest BCUT2D eigenvalue weighted by molar-refractivity contribution is 5.95. The van der Waals surface area contributed by atoms with Crippen LogP contribution in [0.3, 0.4) is 0 Å². The number of rotatable bonds is 5. The first-order chi connectivity index (χ1) is 13.1. The van der Waals surface area contributed by atoms with Crippen LogP contribution in [0.1, 0.15) is 10.4 Å². The Bertz CT molecular complexity index is 832. The Hall–Kier alpha value is -3.38. The zero-order valence-electron chi connectivity index (χ0n) is 15.3. The Balaban J connectivity index is 1.66. The highest BCUT2D eigenvalue weighted by Crippen LogP contribution is 2.25. The first-order valence-corrected chi connectivity index (χ1v) is 8.57. The summed E-state index contributed by atoms with van der Waals surface area (Å²) in [4.78, 5) is 19.7. The van der Waals surface area contributed by atoms with Gasteiger partial charge in [0, 0.05) is 54.1 Å². The lowest BCUT2D eigenvalue weighted by Crippen LogP contribution is -2.48. The fraction of sp³-hybridized carbons (Fsp3) is 0.316. The van der Waals surface area contributed by atoms with Crippen molar-refractivity contribution in [1.29, 1.82) is 0 Å². The van der Waals surface area contributed by atoms with Gasteiger partial charge in [-0.1, -0.05) is 17.2 Å². The van der Waals surface area contributed by atoms with Gasteiger partial charge in [-0.05, 0) is 29.8 Å². The summed E-state index contributed by atoms with van der Waals surface area (Å²) in [6.07, 6.45) is 0. The molecule has 3 rings (SSSR count). The summed E-state index contributed by atoms with van der Waals surface area (Å²) in [6, 6.07) is 12.6. The average molecular weight is 367 g/mol. The van der Waals surface area contributed by atoms with Crippen molar-refractivity contribution in [1.82, 2.24) is 4.90 Å². The number of benzene rings is 2. The van der Waals surface area contributed by atoms with Crippen LogP contribution in [0.4, 0.5) is 11.4 Å². The van der Waals surface area contributed by atoms with Crippen molar-refractivity contribution in [2.75, 3.05) is 45.3 Å². The molecule has 0 aliphatic carbocycles. The van der Waals surface area contributed by atoms with Crippen molar-refractivity contribution in [2.45, 2.75) is 0 Å². The van der Waals surface area contributed by atoms with E-state index in [0.717, 1.165) is 18.8 Å². The molecule has 27 heavy (non-hydrogen) atoms. The topological polar surface area (TPSA) is 90.8 Å². The predicted molar refractivity (Wildman–Crippen MR) is 103 cm³/mol. The fourth-order valence-corrected chi connectivity index (χ4v) is 3.06. The molecule has 0 atom stereocenters. The molecule has 8 heteroatoms. The van der Waals surface area contributed by atoms with Crippen LogP contribution in [0.25, 0.3) is 10.4 Å². The van der Waals surface area contributed by atoms with E-state index in [-0.39, 0.29) is 5.91 Å². The summed E-state index contributed by atoms with van der Waals surface area (Å²) in [6.45, 7) is 2.70. The molecule has 1 aliphatic rings. The Morgan fingerprint density at radius 3 is 2.11 bits per heavy atom. The van der Waals surface area contributed by atoms with Gasteiger partial charge in [-0.15, -0.1) is 0 Å². The van der Waals surface area contributed by atoms with Crippen LogP contribution in [-0.4, -0.2) is 51.2 Å². The zero-order chi connectivity index (χ0) is 19.2. The maximum atomic E-state index is 12.8. The third-order valence-electron chi connectivity index (χ3n) is 4.54. The molecule has 1 fully saturated rings. The summed E-state index contributed by atoms with van der Waals surface area (Å²) < 4.78 is 10.5. The summed E-state index contributed by atoms with van der Waals surface area (Å²) in [5, 5.41) is 3.58. The van der Waals surface area contributed by atoms with E-state index in [1.807, 2.05) is 17.0 Å². The summed E-state index contributed by atoms with van der Waals surface area (Å²) in [5.74, 6) is 1.15. The SMILES string of the molecule is COc1cc(OC)cc(C(=O)N2CCN(c3ccc(N=[N+]=[N-])cc3)CC2)c1. The van der Waals surface area contributed by atoms with Crippen LogP contribution in [0.15, 0.2) is 47.6 Å². The number of hydrogen-bond donors (Lipinski definition) is 0. The van der Waals surface area contributed by atoms with E-state index >= 15 is 0 Å². The number of piperazine rings is 1. The maximum absolute atomic E-state index is 12.8. The second-order valence-electron chi connectivity index (χ2n) is 6.09. The van der Waals surface area contributed by atoms with E-state index in [2.05, 4.69) is 14.9 Å². The fourth-order valence-electron chi connectivity index (χ4n) is 3.06. The normalized spacial score (nSPS) is 13.7. The van der Waals surface area contributed by atoms with Crippen LogP contribution >= 0.6 is 0 Å². The third-order valence-corrected chi connectivity index (χ3v) is 4.54. The highest BCUT2D eigenvalue weighted by atomic mass is 16.5. The summed E-state index contributed by atoms with van der Waals surface area (Å²) in [5.41, 5.74) is 10.7. The van der Waals surface area contributed by atoms with Crippen molar-refractivity contribution < 1.29 is 14.3 Å². The smallest absolute Gasteiger partial charge is 0.254 e. The third kappa shape index (κ3) is 4.24. The highest BCUT2D eigenvalue weighted by Gasteiger charge is 2.23. The van der Waals surface area contributed by atoms with Crippen LogP contribution in [-0.2, 0) is 0 Å². The average Bonchev–Trinajstić information content (AvgIpc) is 2.73. The van der Waals surface area contributed by atoms with Gasteiger partial charge in [0.25, 0.3) is 5.91 Å². The van der Waals surface area contributed by atoms with Gasteiger partial charge in [-0.25, -0.2) is 0 Å². The van der Waals surface area contributed by atoms with Gasteiger partial charge in [0.2, 0.25) is 0 Å². The van der Waals surface area contributed by atoms with Gasteiger partial charge in [-0.3, -0.25) is 4.79 Å². The molecule has 1 aliphatic heterocycles. The molecule has 2 aromatic carbocycles. The number of carbonyl (C=O) groups is 1. The molecule has 0 bridgehead atoms. The van der Waals surface area contributed by atoms with Gasteiger partial charge in [0.15, 0.2) is 0 Å². The maximum Gasteiger partial charge on any atom is 0.254 e. The van der Waals surface area contributed by atoms with Crippen molar-refractivity contribution in [3.63, 3.8) is 0 Å². The quantitative estimate of drug-likeness (QED) is 0.458. The molecule has 140 valence electrons. The molecule has 0 unspecified atom stereocenters. The number of hydrogen-bond acceptors (Lipinski definition) is 5. The molecule has 1 heterocycles. The van der Waals surface area contributed by atoms with Crippen LogP contribution in [0, 0.1) is 0 Å². The van der Waals surface area contributed by atoms with Gasteiger partial charge in [0.05, 0.1) is 14.2 Å². The first-order valence-electron chi connectivity index (χ1n) is 8.57. The number of ether oxygens (including phenoxy) is 2. The summed E-state index contributed by atoms with van der Waals surface area (Å²) in [7, 11) is 3.13. The van der Waals surface area contributed by atoms with E-state index in [1.165, 1.54) is 0 Å². The molecule has 2 aromatic rings. The predicted octanol–water partition coefficient (Wildman–Crippen LogP) is 3.61. The molecule has 0 radical (unpaired) electrons. The monoisotopic (exact) mass is 367 g/mol.